The highest BCUT2D eigenvalue weighted by atomic mass is 16.3. The summed E-state index contributed by atoms with van der Waals surface area (Å²) in [5.74, 6) is 0.419. The van der Waals surface area contributed by atoms with Gasteiger partial charge in [-0.2, -0.15) is 0 Å². The third kappa shape index (κ3) is 3.25. The minimum atomic E-state index is -0.484. The molecule has 18 heavy (non-hydrogen) atoms. The van der Waals surface area contributed by atoms with Crippen LogP contribution in [0.4, 0.5) is 0 Å². The lowest BCUT2D eigenvalue weighted by Crippen LogP contribution is -2.37. The Kier molecular flexibility index (Phi) is 4.05. The zero-order valence-electron chi connectivity index (χ0n) is 12.2. The molecule has 1 aliphatic carbocycles. The fourth-order valence-electron chi connectivity index (χ4n) is 3.53. The molecule has 3 nitrogen and oxygen atoms in total. The van der Waals surface area contributed by atoms with Crippen LogP contribution < -0.4 is 0 Å². The molecule has 3 heteroatoms. The maximum Gasteiger partial charge on any atom is 0.0632 e. The number of hydrogen-bond acceptors (Lipinski definition) is 3. The van der Waals surface area contributed by atoms with Crippen LogP contribution in [0.1, 0.15) is 52.9 Å². The van der Waals surface area contributed by atoms with Crippen LogP contribution in [0.15, 0.2) is 0 Å². The molecule has 2 rings (SSSR count). The van der Waals surface area contributed by atoms with Gasteiger partial charge in [0.2, 0.25) is 0 Å². The standard InChI is InChI=1S/C15H29NO2/c1-14(2)7-5-12(13(14)17)11-16-9-4-6-15(3,18)8-10-16/h12-13,17-18H,4-11H2,1-3H3. The third-order valence-corrected chi connectivity index (χ3v) is 5.06. The van der Waals surface area contributed by atoms with E-state index < -0.39 is 5.60 Å². The van der Waals surface area contributed by atoms with Crippen molar-refractivity contribution in [2.24, 2.45) is 11.3 Å². The van der Waals surface area contributed by atoms with E-state index in [1.54, 1.807) is 0 Å². The van der Waals surface area contributed by atoms with E-state index in [0.29, 0.717) is 5.92 Å². The molecule has 1 heterocycles. The summed E-state index contributed by atoms with van der Waals surface area (Å²) < 4.78 is 0. The van der Waals surface area contributed by atoms with E-state index >= 15 is 0 Å². The second-order valence-electron chi connectivity index (χ2n) is 7.38. The Morgan fingerprint density at radius 2 is 1.83 bits per heavy atom. The Morgan fingerprint density at radius 1 is 1.11 bits per heavy atom. The molecule has 2 aliphatic rings. The van der Waals surface area contributed by atoms with Crippen LogP contribution in [0.5, 0.6) is 0 Å². The van der Waals surface area contributed by atoms with Crippen molar-refractivity contribution in [3.63, 3.8) is 0 Å². The normalized spacial score (nSPS) is 41.8. The van der Waals surface area contributed by atoms with Crippen molar-refractivity contribution in [2.45, 2.75) is 64.6 Å². The van der Waals surface area contributed by atoms with E-state index in [-0.39, 0.29) is 11.5 Å². The van der Waals surface area contributed by atoms with Crippen molar-refractivity contribution in [3.8, 4) is 0 Å². The van der Waals surface area contributed by atoms with E-state index in [1.807, 2.05) is 6.92 Å². The van der Waals surface area contributed by atoms with Crippen molar-refractivity contribution in [2.75, 3.05) is 19.6 Å². The smallest absolute Gasteiger partial charge is 0.0632 e. The second kappa shape index (κ2) is 5.10. The van der Waals surface area contributed by atoms with Crippen molar-refractivity contribution >= 4 is 0 Å². The van der Waals surface area contributed by atoms with Crippen molar-refractivity contribution < 1.29 is 10.2 Å². The fraction of sp³-hybridized carbons (Fsp3) is 1.00. The molecule has 1 aliphatic heterocycles. The predicted molar refractivity (Wildman–Crippen MR) is 73.4 cm³/mol. The minimum absolute atomic E-state index is 0.0853. The molecule has 106 valence electrons. The van der Waals surface area contributed by atoms with Gasteiger partial charge in [0.05, 0.1) is 11.7 Å². The summed E-state index contributed by atoms with van der Waals surface area (Å²) in [6.07, 6.45) is 4.94. The van der Waals surface area contributed by atoms with Gasteiger partial charge in [-0.25, -0.2) is 0 Å². The van der Waals surface area contributed by atoms with Gasteiger partial charge in [-0.3, -0.25) is 0 Å². The molecule has 0 aromatic heterocycles. The lowest BCUT2D eigenvalue weighted by atomic mass is 9.87. The summed E-state index contributed by atoms with van der Waals surface area (Å²) in [6, 6.07) is 0. The summed E-state index contributed by atoms with van der Waals surface area (Å²) in [6.45, 7) is 9.33. The van der Waals surface area contributed by atoms with E-state index in [2.05, 4.69) is 18.7 Å². The van der Waals surface area contributed by atoms with Gasteiger partial charge < -0.3 is 15.1 Å². The van der Waals surface area contributed by atoms with Gasteiger partial charge in [0.1, 0.15) is 0 Å². The molecule has 2 fully saturated rings. The molecule has 0 aromatic carbocycles. The molecule has 0 spiro atoms. The van der Waals surface area contributed by atoms with Gasteiger partial charge >= 0.3 is 0 Å². The molecule has 3 atom stereocenters. The summed E-state index contributed by atoms with van der Waals surface area (Å²) in [5.41, 5.74) is -0.398. The van der Waals surface area contributed by atoms with Crippen LogP contribution in [-0.2, 0) is 0 Å². The van der Waals surface area contributed by atoms with Gasteiger partial charge in [-0.1, -0.05) is 13.8 Å². The van der Waals surface area contributed by atoms with E-state index in [0.717, 1.165) is 51.7 Å². The Morgan fingerprint density at radius 3 is 2.44 bits per heavy atom. The fourth-order valence-corrected chi connectivity index (χ4v) is 3.53. The molecule has 1 saturated carbocycles. The molecule has 0 amide bonds. The third-order valence-electron chi connectivity index (χ3n) is 5.06. The van der Waals surface area contributed by atoms with Crippen LogP contribution in [0.3, 0.4) is 0 Å². The monoisotopic (exact) mass is 255 g/mol. The van der Waals surface area contributed by atoms with Gasteiger partial charge in [-0.05, 0) is 56.9 Å². The molecular weight excluding hydrogens is 226 g/mol. The second-order valence-corrected chi connectivity index (χ2v) is 7.38. The largest absolute Gasteiger partial charge is 0.392 e. The summed E-state index contributed by atoms with van der Waals surface area (Å²) in [7, 11) is 0. The SMILES string of the molecule is CC1(O)CCCN(CC2CCC(C)(C)C2O)CC1. The quantitative estimate of drug-likeness (QED) is 0.793. The van der Waals surface area contributed by atoms with Crippen LogP contribution in [0.2, 0.25) is 0 Å². The molecule has 1 saturated heterocycles. The van der Waals surface area contributed by atoms with Crippen LogP contribution >= 0.6 is 0 Å². The maximum atomic E-state index is 10.3. The Hall–Kier alpha value is -0.120. The molecule has 0 aromatic rings. The highest BCUT2D eigenvalue weighted by Gasteiger charge is 2.41. The summed E-state index contributed by atoms with van der Waals surface area (Å²) >= 11 is 0. The number of aliphatic hydroxyl groups excluding tert-OH is 1. The van der Waals surface area contributed by atoms with E-state index in [9.17, 15) is 10.2 Å². The number of hydrogen-bond donors (Lipinski definition) is 2. The van der Waals surface area contributed by atoms with E-state index in [4.69, 9.17) is 0 Å². The Balaban J connectivity index is 1.87. The average molecular weight is 255 g/mol. The van der Waals surface area contributed by atoms with Gasteiger partial charge in [0.25, 0.3) is 0 Å². The number of nitrogens with zero attached hydrogens (tertiary/aromatic N) is 1. The lowest BCUT2D eigenvalue weighted by Gasteiger charge is -2.30. The zero-order chi connectivity index (χ0) is 13.4. The first kappa shape index (κ1) is 14.3. The first-order chi connectivity index (χ1) is 8.30. The highest BCUT2D eigenvalue weighted by molar-refractivity contribution is 4.92. The first-order valence-electron chi connectivity index (χ1n) is 7.43. The first-order valence-corrected chi connectivity index (χ1v) is 7.43. The zero-order valence-corrected chi connectivity index (χ0v) is 12.2. The molecular formula is C15H29NO2. The average Bonchev–Trinajstić information content (AvgIpc) is 2.45. The Labute approximate surface area is 111 Å². The van der Waals surface area contributed by atoms with Crippen LogP contribution in [-0.4, -0.2) is 46.5 Å². The van der Waals surface area contributed by atoms with Crippen molar-refractivity contribution in [1.29, 1.82) is 0 Å². The minimum Gasteiger partial charge on any atom is -0.392 e. The summed E-state index contributed by atoms with van der Waals surface area (Å²) in [5, 5.41) is 20.4. The van der Waals surface area contributed by atoms with Crippen molar-refractivity contribution in [3.05, 3.63) is 0 Å². The Bertz CT molecular complexity index is 288. The predicted octanol–water partition coefficient (Wildman–Crippen LogP) is 2.02. The molecule has 0 radical (unpaired) electrons. The number of likely N-dealkylation sites (tertiary alicyclic amines) is 1. The van der Waals surface area contributed by atoms with Crippen LogP contribution in [0.25, 0.3) is 0 Å². The number of rotatable bonds is 2. The maximum absolute atomic E-state index is 10.3. The molecule has 2 N–H and O–H groups in total. The van der Waals surface area contributed by atoms with Crippen LogP contribution in [0, 0.1) is 11.3 Å². The van der Waals surface area contributed by atoms with Gasteiger partial charge in [-0.15, -0.1) is 0 Å². The molecule has 3 unspecified atom stereocenters. The van der Waals surface area contributed by atoms with Gasteiger partial charge in [0.15, 0.2) is 0 Å². The lowest BCUT2D eigenvalue weighted by molar-refractivity contribution is 0.0281. The topological polar surface area (TPSA) is 43.7 Å². The highest BCUT2D eigenvalue weighted by Crippen LogP contribution is 2.41. The van der Waals surface area contributed by atoms with Crippen molar-refractivity contribution in [1.82, 2.24) is 4.90 Å². The molecule has 0 bridgehead atoms. The van der Waals surface area contributed by atoms with Gasteiger partial charge in [0, 0.05) is 13.1 Å². The van der Waals surface area contributed by atoms with E-state index in [1.165, 1.54) is 0 Å². The summed E-state index contributed by atoms with van der Waals surface area (Å²) in [4.78, 5) is 2.44. The number of aliphatic hydroxyl groups is 2.